The van der Waals surface area contributed by atoms with E-state index in [0.29, 0.717) is 35.7 Å². The molecular weight excluding hydrogens is 432 g/mol. The van der Waals surface area contributed by atoms with Crippen molar-refractivity contribution in [3.05, 3.63) is 59.2 Å². The second-order valence-corrected chi connectivity index (χ2v) is 10.2. The van der Waals surface area contributed by atoms with Crippen LogP contribution < -0.4 is 9.47 Å². The zero-order valence-corrected chi connectivity index (χ0v) is 19.9. The van der Waals surface area contributed by atoms with E-state index in [1.807, 2.05) is 19.1 Å². The maximum absolute atomic E-state index is 13.2. The molecule has 1 saturated heterocycles. The maximum Gasteiger partial charge on any atom is 0.258 e. The Balaban J connectivity index is 1.76. The molecule has 2 aromatic rings. The Morgan fingerprint density at radius 3 is 2.44 bits per heavy atom. The molecule has 174 valence electrons. The van der Waals surface area contributed by atoms with Crippen molar-refractivity contribution >= 4 is 15.9 Å². The van der Waals surface area contributed by atoms with Crippen LogP contribution in [0.2, 0.25) is 0 Å². The molecule has 0 radical (unpaired) electrons. The first kappa shape index (κ1) is 24.0. The van der Waals surface area contributed by atoms with Crippen LogP contribution in [0, 0.1) is 6.92 Å². The summed E-state index contributed by atoms with van der Waals surface area (Å²) >= 11 is 0. The average Bonchev–Trinajstić information content (AvgIpc) is 3.15. The summed E-state index contributed by atoms with van der Waals surface area (Å²) in [4.78, 5) is 14.9. The third kappa shape index (κ3) is 5.23. The second-order valence-electron chi connectivity index (χ2n) is 7.98. The fraction of sp³-hybridized carbons (Fsp3) is 0.435. The van der Waals surface area contributed by atoms with E-state index in [2.05, 4.69) is 0 Å². The minimum atomic E-state index is -3.38. The Labute approximate surface area is 189 Å². The summed E-state index contributed by atoms with van der Waals surface area (Å²) in [5, 5.41) is 0. The van der Waals surface area contributed by atoms with Crippen LogP contribution in [0.1, 0.15) is 21.5 Å². The fourth-order valence-corrected chi connectivity index (χ4v) is 4.57. The number of rotatable bonds is 8. The SMILES string of the molecule is COc1cccc(C)c1C(=O)N1C[C@@H](OC)[C@H](Oc2cccc(CS(=O)(=O)N(C)C)c2)C1. The van der Waals surface area contributed by atoms with Crippen LogP contribution in [0.15, 0.2) is 42.5 Å². The Morgan fingerprint density at radius 1 is 1.09 bits per heavy atom. The van der Waals surface area contributed by atoms with Crippen LogP contribution in [0.4, 0.5) is 0 Å². The van der Waals surface area contributed by atoms with Crippen LogP contribution in [0.5, 0.6) is 11.5 Å². The lowest BCUT2D eigenvalue weighted by Gasteiger charge is -2.20. The number of hydrogen-bond acceptors (Lipinski definition) is 6. The molecule has 0 aromatic heterocycles. The summed E-state index contributed by atoms with van der Waals surface area (Å²) in [6.07, 6.45) is -0.706. The lowest BCUT2D eigenvalue weighted by molar-refractivity contribution is 0.0339. The standard InChI is InChI=1S/C23H30N2O6S/c1-16-8-6-11-19(29-4)22(16)23(26)25-13-20(30-5)21(14-25)31-18-10-7-9-17(12-18)15-32(27,28)24(2)3/h6-12,20-21H,13-15H2,1-5H3/t20-,21-/m1/s1. The van der Waals surface area contributed by atoms with Crippen molar-refractivity contribution in [3.63, 3.8) is 0 Å². The molecule has 2 aromatic carbocycles. The molecule has 0 aliphatic carbocycles. The number of benzene rings is 2. The van der Waals surface area contributed by atoms with Gasteiger partial charge in [0.15, 0.2) is 0 Å². The molecule has 32 heavy (non-hydrogen) atoms. The molecule has 8 nitrogen and oxygen atoms in total. The van der Waals surface area contributed by atoms with E-state index in [1.165, 1.54) is 18.4 Å². The summed E-state index contributed by atoms with van der Waals surface area (Å²) in [7, 11) is 2.76. The number of likely N-dealkylation sites (tertiary alicyclic amines) is 1. The molecule has 0 spiro atoms. The monoisotopic (exact) mass is 462 g/mol. The summed E-state index contributed by atoms with van der Waals surface area (Å²) in [6.45, 7) is 2.60. The van der Waals surface area contributed by atoms with Crippen molar-refractivity contribution in [3.8, 4) is 11.5 Å². The van der Waals surface area contributed by atoms with Gasteiger partial charge in [-0.1, -0.05) is 24.3 Å². The summed E-state index contributed by atoms with van der Waals surface area (Å²) in [5.41, 5.74) is 1.99. The predicted molar refractivity (Wildman–Crippen MR) is 122 cm³/mol. The largest absolute Gasteiger partial charge is 0.496 e. The van der Waals surface area contributed by atoms with Crippen LogP contribution in [-0.4, -0.2) is 77.1 Å². The highest BCUT2D eigenvalue weighted by atomic mass is 32.2. The van der Waals surface area contributed by atoms with Gasteiger partial charge in [-0.2, -0.15) is 0 Å². The van der Waals surface area contributed by atoms with Gasteiger partial charge in [0.05, 0.1) is 31.5 Å². The normalized spacial score (nSPS) is 18.8. The van der Waals surface area contributed by atoms with Crippen LogP contribution in [-0.2, 0) is 20.5 Å². The zero-order valence-electron chi connectivity index (χ0n) is 19.1. The molecule has 0 bridgehead atoms. The highest BCUT2D eigenvalue weighted by Gasteiger charge is 2.38. The van der Waals surface area contributed by atoms with E-state index >= 15 is 0 Å². The number of nitrogens with zero attached hydrogens (tertiary/aromatic N) is 2. The summed E-state index contributed by atoms with van der Waals surface area (Å²) < 4.78 is 42.7. The van der Waals surface area contributed by atoms with Crippen LogP contribution in [0.3, 0.4) is 0 Å². The lowest BCUT2D eigenvalue weighted by Crippen LogP contribution is -2.32. The molecule has 1 aliphatic heterocycles. The number of hydrogen-bond donors (Lipinski definition) is 0. The minimum absolute atomic E-state index is 0.118. The van der Waals surface area contributed by atoms with E-state index < -0.39 is 10.0 Å². The highest BCUT2D eigenvalue weighted by molar-refractivity contribution is 7.88. The average molecular weight is 463 g/mol. The fourth-order valence-electron chi connectivity index (χ4n) is 3.72. The first-order chi connectivity index (χ1) is 15.2. The van der Waals surface area contributed by atoms with Crippen molar-refractivity contribution < 1.29 is 27.4 Å². The van der Waals surface area contributed by atoms with E-state index in [0.717, 1.165) is 5.56 Å². The topological polar surface area (TPSA) is 85.4 Å². The Morgan fingerprint density at radius 2 is 1.78 bits per heavy atom. The highest BCUT2D eigenvalue weighted by Crippen LogP contribution is 2.28. The second kappa shape index (κ2) is 9.89. The number of methoxy groups -OCH3 is 2. The van der Waals surface area contributed by atoms with Crippen molar-refractivity contribution in [2.24, 2.45) is 0 Å². The van der Waals surface area contributed by atoms with E-state index in [4.69, 9.17) is 14.2 Å². The van der Waals surface area contributed by atoms with Gasteiger partial charge in [-0.15, -0.1) is 0 Å². The number of carbonyl (C=O) groups excluding carboxylic acids is 1. The van der Waals surface area contributed by atoms with Gasteiger partial charge >= 0.3 is 0 Å². The number of ether oxygens (including phenoxy) is 3. The molecule has 1 amide bonds. The van der Waals surface area contributed by atoms with Crippen molar-refractivity contribution in [2.75, 3.05) is 41.4 Å². The zero-order chi connectivity index (χ0) is 23.5. The lowest BCUT2D eigenvalue weighted by atomic mass is 10.1. The molecular formula is C23H30N2O6S. The van der Waals surface area contributed by atoms with Crippen LogP contribution >= 0.6 is 0 Å². The molecule has 9 heteroatoms. The molecule has 1 fully saturated rings. The first-order valence-corrected chi connectivity index (χ1v) is 11.9. The van der Waals surface area contributed by atoms with Gasteiger partial charge in [-0.3, -0.25) is 4.79 Å². The molecule has 0 saturated carbocycles. The molecule has 0 unspecified atom stereocenters. The number of carbonyl (C=O) groups is 1. The predicted octanol–water partition coefficient (Wildman–Crippen LogP) is 2.31. The molecule has 2 atom stereocenters. The molecule has 1 heterocycles. The molecule has 1 aliphatic rings. The van der Waals surface area contributed by atoms with Crippen LogP contribution in [0.25, 0.3) is 0 Å². The maximum atomic E-state index is 13.2. The van der Waals surface area contributed by atoms with Gasteiger partial charge in [-0.25, -0.2) is 12.7 Å². The minimum Gasteiger partial charge on any atom is -0.496 e. The van der Waals surface area contributed by atoms with Crippen molar-refractivity contribution in [1.82, 2.24) is 9.21 Å². The summed E-state index contributed by atoms with van der Waals surface area (Å²) in [6, 6.07) is 12.5. The third-order valence-electron chi connectivity index (χ3n) is 5.56. The van der Waals surface area contributed by atoms with E-state index in [-0.39, 0.29) is 23.9 Å². The molecule has 3 rings (SSSR count). The number of aryl methyl sites for hydroxylation is 1. The Bertz CT molecular complexity index is 1070. The Hall–Kier alpha value is -2.62. The first-order valence-electron chi connectivity index (χ1n) is 10.3. The van der Waals surface area contributed by atoms with Gasteiger partial charge in [-0.05, 0) is 36.2 Å². The summed E-state index contributed by atoms with van der Waals surface area (Å²) in [5.74, 6) is 0.807. The quantitative estimate of drug-likeness (QED) is 0.599. The molecule has 0 N–H and O–H groups in total. The Kier molecular flexibility index (Phi) is 7.43. The van der Waals surface area contributed by atoms with E-state index in [9.17, 15) is 13.2 Å². The van der Waals surface area contributed by atoms with Crippen molar-refractivity contribution in [1.29, 1.82) is 0 Å². The third-order valence-corrected chi connectivity index (χ3v) is 7.38. The number of amides is 1. The van der Waals surface area contributed by atoms with Crippen molar-refractivity contribution in [2.45, 2.75) is 24.9 Å². The van der Waals surface area contributed by atoms with Gasteiger partial charge < -0.3 is 19.1 Å². The smallest absolute Gasteiger partial charge is 0.258 e. The van der Waals surface area contributed by atoms with Gasteiger partial charge in [0.1, 0.15) is 23.7 Å². The van der Waals surface area contributed by atoms with Gasteiger partial charge in [0.2, 0.25) is 10.0 Å². The van der Waals surface area contributed by atoms with Gasteiger partial charge in [0.25, 0.3) is 5.91 Å². The van der Waals surface area contributed by atoms with E-state index in [1.54, 1.807) is 49.5 Å². The number of sulfonamides is 1. The van der Waals surface area contributed by atoms with Gasteiger partial charge in [0, 0.05) is 21.2 Å².